The molecule has 1 aromatic rings. The Morgan fingerprint density at radius 2 is 2.45 bits per heavy atom. The van der Waals surface area contributed by atoms with Crippen LogP contribution in [0, 0.1) is 17.8 Å². The van der Waals surface area contributed by atoms with Crippen molar-refractivity contribution in [3.05, 3.63) is 22.4 Å². The molecule has 11 heavy (non-hydrogen) atoms. The topological polar surface area (TPSA) is 0 Å². The number of hydrogen-bond acceptors (Lipinski definition) is 1. The molecule has 0 saturated carbocycles. The smallest absolute Gasteiger partial charge is 0.0768 e. The van der Waals surface area contributed by atoms with E-state index in [1.54, 1.807) is 11.3 Å². The van der Waals surface area contributed by atoms with Gasteiger partial charge in [0.15, 0.2) is 0 Å². The minimum atomic E-state index is 0.525. The number of rotatable bonds is 1. The van der Waals surface area contributed by atoms with Crippen LogP contribution in [0.5, 0.6) is 0 Å². The minimum Gasteiger partial charge on any atom is -0.135 e. The lowest BCUT2D eigenvalue weighted by atomic mass is 10.1. The third kappa shape index (κ3) is 2.78. The second-order valence-electron chi connectivity index (χ2n) is 2.56. The summed E-state index contributed by atoms with van der Waals surface area (Å²) in [7, 11) is 0. The van der Waals surface area contributed by atoms with Gasteiger partial charge in [0.2, 0.25) is 0 Å². The highest BCUT2D eigenvalue weighted by Crippen LogP contribution is 2.06. The Bertz CT molecular complexity index is 248. The summed E-state index contributed by atoms with van der Waals surface area (Å²) < 4.78 is 0. The lowest BCUT2D eigenvalue weighted by Crippen LogP contribution is -1.84. The molecule has 0 nitrogen and oxygen atoms in total. The van der Waals surface area contributed by atoms with E-state index in [4.69, 9.17) is 0 Å². The summed E-state index contributed by atoms with van der Waals surface area (Å²) in [6.45, 7) is 4.31. The Balaban J connectivity index is 2.58. The van der Waals surface area contributed by atoms with Gasteiger partial charge in [-0.15, -0.1) is 11.3 Å². The van der Waals surface area contributed by atoms with Crippen molar-refractivity contribution in [1.82, 2.24) is 0 Å². The second kappa shape index (κ2) is 4.20. The standard InChI is InChI=1S/C10H12S/c1-3-9(2)6-7-10-5-4-8-11-10/h4-5,8-9H,3H2,1-2H3. The molecule has 1 aromatic heterocycles. The first kappa shape index (κ1) is 8.36. The van der Waals surface area contributed by atoms with Crippen LogP contribution in [-0.4, -0.2) is 0 Å². The normalized spacial score (nSPS) is 11.8. The molecule has 0 aliphatic rings. The number of hydrogen-bond donors (Lipinski definition) is 0. The summed E-state index contributed by atoms with van der Waals surface area (Å²) in [6, 6.07) is 4.09. The molecule has 0 aromatic carbocycles. The summed E-state index contributed by atoms with van der Waals surface area (Å²) in [6.07, 6.45) is 1.14. The summed E-state index contributed by atoms with van der Waals surface area (Å²) >= 11 is 1.70. The van der Waals surface area contributed by atoms with Gasteiger partial charge in [-0.3, -0.25) is 0 Å². The zero-order valence-corrected chi connectivity index (χ0v) is 7.74. The van der Waals surface area contributed by atoms with E-state index in [9.17, 15) is 0 Å². The zero-order valence-electron chi connectivity index (χ0n) is 6.92. The molecule has 0 amide bonds. The highest BCUT2D eigenvalue weighted by Gasteiger charge is 1.89. The maximum Gasteiger partial charge on any atom is 0.0768 e. The summed E-state index contributed by atoms with van der Waals surface area (Å²) in [5, 5.41) is 2.06. The van der Waals surface area contributed by atoms with Gasteiger partial charge < -0.3 is 0 Å². The van der Waals surface area contributed by atoms with Crippen LogP contribution in [-0.2, 0) is 0 Å². The molecule has 1 heteroatoms. The molecular formula is C10H12S. The molecule has 0 N–H and O–H groups in total. The largest absolute Gasteiger partial charge is 0.135 e. The number of thiophene rings is 1. The molecule has 0 saturated heterocycles. The van der Waals surface area contributed by atoms with E-state index in [-0.39, 0.29) is 0 Å². The van der Waals surface area contributed by atoms with Crippen LogP contribution in [0.25, 0.3) is 0 Å². The molecule has 0 aliphatic carbocycles. The van der Waals surface area contributed by atoms with Gasteiger partial charge >= 0.3 is 0 Å². The van der Waals surface area contributed by atoms with E-state index < -0.39 is 0 Å². The Morgan fingerprint density at radius 1 is 1.64 bits per heavy atom. The molecule has 1 rings (SSSR count). The fourth-order valence-corrected chi connectivity index (χ4v) is 1.22. The van der Waals surface area contributed by atoms with Crippen molar-refractivity contribution in [1.29, 1.82) is 0 Å². The molecule has 58 valence electrons. The van der Waals surface area contributed by atoms with Gasteiger partial charge in [0, 0.05) is 5.92 Å². The maximum absolute atomic E-state index is 3.20. The molecule has 1 atom stereocenters. The van der Waals surface area contributed by atoms with E-state index >= 15 is 0 Å². The van der Waals surface area contributed by atoms with Crippen molar-refractivity contribution < 1.29 is 0 Å². The zero-order chi connectivity index (χ0) is 8.10. The molecule has 0 spiro atoms. The lowest BCUT2D eigenvalue weighted by Gasteiger charge is -1.92. The monoisotopic (exact) mass is 164 g/mol. The van der Waals surface area contributed by atoms with Crippen molar-refractivity contribution in [3.8, 4) is 11.8 Å². The first-order valence-corrected chi connectivity index (χ1v) is 4.76. The van der Waals surface area contributed by atoms with Gasteiger partial charge in [0.1, 0.15) is 0 Å². The van der Waals surface area contributed by atoms with Gasteiger partial charge in [-0.2, -0.15) is 0 Å². The van der Waals surface area contributed by atoms with Gasteiger partial charge in [0.25, 0.3) is 0 Å². The van der Waals surface area contributed by atoms with Crippen molar-refractivity contribution in [2.24, 2.45) is 5.92 Å². The van der Waals surface area contributed by atoms with Gasteiger partial charge in [0.05, 0.1) is 4.88 Å². The molecule has 0 aliphatic heterocycles. The van der Waals surface area contributed by atoms with Crippen molar-refractivity contribution >= 4 is 11.3 Å². The van der Waals surface area contributed by atoms with Crippen LogP contribution < -0.4 is 0 Å². The molecule has 0 bridgehead atoms. The fraction of sp³-hybridized carbons (Fsp3) is 0.400. The molecule has 0 radical (unpaired) electrons. The molecule has 0 fully saturated rings. The molecule has 1 unspecified atom stereocenters. The van der Waals surface area contributed by atoms with Gasteiger partial charge in [-0.05, 0) is 17.9 Å². The van der Waals surface area contributed by atoms with Crippen LogP contribution in [0.1, 0.15) is 25.1 Å². The Labute approximate surface area is 72.3 Å². The van der Waals surface area contributed by atoms with E-state index in [0.717, 1.165) is 6.42 Å². The predicted octanol–water partition coefficient (Wildman–Crippen LogP) is 3.15. The summed E-state index contributed by atoms with van der Waals surface area (Å²) in [4.78, 5) is 1.17. The first-order valence-electron chi connectivity index (χ1n) is 3.88. The Kier molecular flexibility index (Phi) is 3.19. The third-order valence-corrected chi connectivity index (χ3v) is 2.36. The lowest BCUT2D eigenvalue weighted by molar-refractivity contribution is 0.723. The highest BCUT2D eigenvalue weighted by molar-refractivity contribution is 7.10. The van der Waals surface area contributed by atoms with E-state index in [0.29, 0.717) is 5.92 Å². The van der Waals surface area contributed by atoms with Crippen molar-refractivity contribution in [2.75, 3.05) is 0 Å². The van der Waals surface area contributed by atoms with E-state index in [1.165, 1.54) is 4.88 Å². The van der Waals surface area contributed by atoms with Crippen LogP contribution in [0.4, 0.5) is 0 Å². The van der Waals surface area contributed by atoms with Crippen LogP contribution in [0.2, 0.25) is 0 Å². The quantitative estimate of drug-likeness (QED) is 0.559. The van der Waals surface area contributed by atoms with Crippen molar-refractivity contribution in [3.63, 3.8) is 0 Å². The van der Waals surface area contributed by atoms with Crippen LogP contribution >= 0.6 is 11.3 Å². The predicted molar refractivity (Wildman–Crippen MR) is 50.7 cm³/mol. The highest BCUT2D eigenvalue weighted by atomic mass is 32.1. The summed E-state index contributed by atoms with van der Waals surface area (Å²) in [5.74, 6) is 6.86. The Morgan fingerprint density at radius 3 is 3.00 bits per heavy atom. The van der Waals surface area contributed by atoms with E-state index in [2.05, 4.69) is 37.1 Å². The first-order chi connectivity index (χ1) is 5.33. The average molecular weight is 164 g/mol. The fourth-order valence-electron chi connectivity index (χ4n) is 0.646. The maximum atomic E-state index is 3.20. The third-order valence-electron chi connectivity index (χ3n) is 1.58. The van der Waals surface area contributed by atoms with Crippen molar-refractivity contribution in [2.45, 2.75) is 20.3 Å². The molecule has 1 heterocycles. The van der Waals surface area contributed by atoms with Crippen LogP contribution in [0.15, 0.2) is 17.5 Å². The second-order valence-corrected chi connectivity index (χ2v) is 3.50. The SMILES string of the molecule is CCC(C)C#Cc1cccs1. The van der Waals surface area contributed by atoms with Crippen LogP contribution in [0.3, 0.4) is 0 Å². The van der Waals surface area contributed by atoms with Gasteiger partial charge in [-0.25, -0.2) is 0 Å². The Hall–Kier alpha value is -0.740. The average Bonchev–Trinajstić information content (AvgIpc) is 2.52. The summed E-state index contributed by atoms with van der Waals surface area (Å²) in [5.41, 5.74) is 0. The van der Waals surface area contributed by atoms with Gasteiger partial charge in [-0.1, -0.05) is 31.8 Å². The molecular weight excluding hydrogens is 152 g/mol. The van der Waals surface area contributed by atoms with E-state index in [1.807, 2.05) is 6.07 Å². The minimum absolute atomic E-state index is 0.525.